The van der Waals surface area contributed by atoms with Gasteiger partial charge in [0.1, 0.15) is 5.75 Å². The van der Waals surface area contributed by atoms with Crippen molar-refractivity contribution in [3.05, 3.63) is 47.3 Å². The van der Waals surface area contributed by atoms with E-state index in [0.29, 0.717) is 0 Å². The number of hydrogen-bond donors (Lipinski definition) is 1. The van der Waals surface area contributed by atoms with Crippen LogP contribution in [0, 0.1) is 6.92 Å². The zero-order chi connectivity index (χ0) is 13.7. The maximum Gasteiger partial charge on any atom is 0.119 e. The van der Waals surface area contributed by atoms with Crippen LogP contribution in [0.3, 0.4) is 0 Å². The molecule has 0 spiro atoms. The highest BCUT2D eigenvalue weighted by Gasteiger charge is 2.03. The molecular formula is C15H21N3O. The summed E-state index contributed by atoms with van der Waals surface area (Å²) in [5, 5.41) is 7.88. The zero-order valence-corrected chi connectivity index (χ0v) is 11.8. The molecule has 0 unspecified atom stereocenters. The lowest BCUT2D eigenvalue weighted by Crippen LogP contribution is -2.12. The molecule has 2 aromatic rings. The third-order valence-electron chi connectivity index (χ3n) is 3.15. The molecule has 0 aliphatic rings. The largest absolute Gasteiger partial charge is 0.497 e. The molecule has 0 amide bonds. The molecule has 1 aromatic heterocycles. The van der Waals surface area contributed by atoms with E-state index >= 15 is 0 Å². The Bertz CT molecular complexity index is 534. The van der Waals surface area contributed by atoms with Crippen molar-refractivity contribution >= 4 is 0 Å². The van der Waals surface area contributed by atoms with Crippen LogP contribution in [0.1, 0.15) is 23.7 Å². The molecule has 4 nitrogen and oxygen atoms in total. The van der Waals surface area contributed by atoms with Gasteiger partial charge in [0.2, 0.25) is 0 Å². The molecular weight excluding hydrogens is 238 g/mol. The van der Waals surface area contributed by atoms with Gasteiger partial charge in [-0.15, -0.1) is 0 Å². The Morgan fingerprint density at radius 2 is 2.16 bits per heavy atom. The van der Waals surface area contributed by atoms with Gasteiger partial charge in [-0.05, 0) is 31.5 Å². The smallest absolute Gasteiger partial charge is 0.119 e. The summed E-state index contributed by atoms with van der Waals surface area (Å²) in [6.07, 6.45) is 2.11. The van der Waals surface area contributed by atoms with E-state index in [0.717, 1.165) is 31.1 Å². The molecule has 0 aliphatic carbocycles. The molecule has 19 heavy (non-hydrogen) atoms. The van der Waals surface area contributed by atoms with Crippen LogP contribution in [-0.4, -0.2) is 16.9 Å². The van der Waals surface area contributed by atoms with Gasteiger partial charge < -0.3 is 10.1 Å². The second-order valence-electron chi connectivity index (χ2n) is 4.55. The van der Waals surface area contributed by atoms with Gasteiger partial charge in [-0.1, -0.05) is 12.1 Å². The topological polar surface area (TPSA) is 39.1 Å². The second-order valence-corrected chi connectivity index (χ2v) is 4.55. The number of benzene rings is 1. The van der Waals surface area contributed by atoms with E-state index < -0.39 is 0 Å². The van der Waals surface area contributed by atoms with Crippen molar-refractivity contribution < 1.29 is 4.74 Å². The summed E-state index contributed by atoms with van der Waals surface area (Å²) in [6.45, 7) is 6.72. The Kier molecular flexibility index (Phi) is 4.58. The standard InChI is InChI=1S/C15H21N3O/c1-4-18-11-14(12(2)17-18)10-16-9-13-6-5-7-15(8-13)19-3/h5-8,11,16H,4,9-10H2,1-3H3. The lowest BCUT2D eigenvalue weighted by molar-refractivity contribution is 0.414. The van der Waals surface area contributed by atoms with Gasteiger partial charge in [-0.25, -0.2) is 0 Å². The fraction of sp³-hybridized carbons (Fsp3) is 0.400. The maximum atomic E-state index is 5.22. The summed E-state index contributed by atoms with van der Waals surface area (Å²) in [4.78, 5) is 0. The molecule has 102 valence electrons. The lowest BCUT2D eigenvalue weighted by Gasteiger charge is -2.06. The van der Waals surface area contributed by atoms with E-state index in [9.17, 15) is 0 Å². The van der Waals surface area contributed by atoms with E-state index in [2.05, 4.69) is 42.6 Å². The molecule has 0 aliphatic heterocycles. The minimum absolute atomic E-state index is 0.827. The van der Waals surface area contributed by atoms with E-state index in [1.54, 1.807) is 7.11 Å². The molecule has 1 N–H and O–H groups in total. The molecule has 4 heteroatoms. The number of aryl methyl sites for hydroxylation is 2. The Balaban J connectivity index is 1.90. The summed E-state index contributed by atoms with van der Waals surface area (Å²) in [5.41, 5.74) is 3.57. The quantitative estimate of drug-likeness (QED) is 0.866. The van der Waals surface area contributed by atoms with Crippen molar-refractivity contribution in [1.29, 1.82) is 0 Å². The minimum atomic E-state index is 0.827. The van der Waals surface area contributed by atoms with Crippen LogP contribution in [0.25, 0.3) is 0 Å². The number of aromatic nitrogens is 2. The second kappa shape index (κ2) is 6.38. The van der Waals surface area contributed by atoms with E-state index in [1.807, 2.05) is 16.8 Å². The first-order chi connectivity index (χ1) is 9.22. The van der Waals surface area contributed by atoms with Crippen molar-refractivity contribution in [2.24, 2.45) is 0 Å². The Labute approximate surface area is 114 Å². The number of nitrogens with zero attached hydrogens (tertiary/aromatic N) is 2. The highest BCUT2D eigenvalue weighted by atomic mass is 16.5. The summed E-state index contributed by atoms with van der Waals surface area (Å²) >= 11 is 0. The third-order valence-corrected chi connectivity index (χ3v) is 3.15. The Morgan fingerprint density at radius 3 is 2.84 bits per heavy atom. The summed E-state index contributed by atoms with van der Waals surface area (Å²) in [7, 11) is 1.69. The summed E-state index contributed by atoms with van der Waals surface area (Å²) in [5.74, 6) is 0.897. The number of hydrogen-bond acceptors (Lipinski definition) is 3. The Morgan fingerprint density at radius 1 is 1.32 bits per heavy atom. The van der Waals surface area contributed by atoms with Crippen molar-refractivity contribution in [3.8, 4) is 5.75 Å². The van der Waals surface area contributed by atoms with Gasteiger partial charge in [0.25, 0.3) is 0 Å². The van der Waals surface area contributed by atoms with Gasteiger partial charge in [0, 0.05) is 31.4 Å². The fourth-order valence-electron chi connectivity index (χ4n) is 2.02. The van der Waals surface area contributed by atoms with Crippen molar-refractivity contribution in [1.82, 2.24) is 15.1 Å². The number of rotatable bonds is 6. The molecule has 0 radical (unpaired) electrons. The number of ether oxygens (including phenoxy) is 1. The van der Waals surface area contributed by atoms with Gasteiger partial charge >= 0.3 is 0 Å². The third kappa shape index (κ3) is 3.58. The van der Waals surface area contributed by atoms with Crippen LogP contribution in [0.2, 0.25) is 0 Å². The first kappa shape index (κ1) is 13.6. The first-order valence-corrected chi connectivity index (χ1v) is 6.59. The summed E-state index contributed by atoms with van der Waals surface area (Å²) < 4.78 is 7.19. The normalized spacial score (nSPS) is 10.7. The number of methoxy groups -OCH3 is 1. The molecule has 0 atom stereocenters. The van der Waals surface area contributed by atoms with Crippen LogP contribution >= 0.6 is 0 Å². The van der Waals surface area contributed by atoms with Crippen molar-refractivity contribution in [2.45, 2.75) is 33.5 Å². The fourth-order valence-corrected chi connectivity index (χ4v) is 2.02. The van der Waals surface area contributed by atoms with E-state index in [-0.39, 0.29) is 0 Å². The van der Waals surface area contributed by atoms with Gasteiger partial charge in [-0.2, -0.15) is 5.10 Å². The summed E-state index contributed by atoms with van der Waals surface area (Å²) in [6, 6.07) is 8.11. The maximum absolute atomic E-state index is 5.22. The van der Waals surface area contributed by atoms with E-state index in [1.165, 1.54) is 11.1 Å². The van der Waals surface area contributed by atoms with Crippen molar-refractivity contribution in [3.63, 3.8) is 0 Å². The highest BCUT2D eigenvalue weighted by molar-refractivity contribution is 5.28. The van der Waals surface area contributed by atoms with E-state index in [4.69, 9.17) is 4.74 Å². The van der Waals surface area contributed by atoms with Crippen LogP contribution in [0.4, 0.5) is 0 Å². The van der Waals surface area contributed by atoms with Gasteiger partial charge in [0.05, 0.1) is 12.8 Å². The molecule has 0 bridgehead atoms. The molecule has 0 saturated carbocycles. The van der Waals surface area contributed by atoms with Crippen LogP contribution < -0.4 is 10.1 Å². The minimum Gasteiger partial charge on any atom is -0.497 e. The monoisotopic (exact) mass is 259 g/mol. The first-order valence-electron chi connectivity index (χ1n) is 6.59. The molecule has 0 saturated heterocycles. The predicted molar refractivity (Wildman–Crippen MR) is 76.2 cm³/mol. The van der Waals surface area contributed by atoms with Crippen LogP contribution in [0.5, 0.6) is 5.75 Å². The average molecular weight is 259 g/mol. The number of nitrogens with one attached hydrogen (secondary N) is 1. The van der Waals surface area contributed by atoms with Gasteiger partial charge in [0.15, 0.2) is 0 Å². The molecule has 0 fully saturated rings. The zero-order valence-electron chi connectivity index (χ0n) is 11.8. The molecule has 2 rings (SSSR count). The predicted octanol–water partition coefficient (Wildman–Crippen LogP) is 2.51. The molecule has 1 heterocycles. The molecule has 1 aromatic carbocycles. The van der Waals surface area contributed by atoms with Crippen LogP contribution in [0.15, 0.2) is 30.5 Å². The average Bonchev–Trinajstić information content (AvgIpc) is 2.80. The SMILES string of the molecule is CCn1cc(CNCc2cccc(OC)c2)c(C)n1. The van der Waals surface area contributed by atoms with Gasteiger partial charge in [-0.3, -0.25) is 4.68 Å². The Hall–Kier alpha value is -1.81. The van der Waals surface area contributed by atoms with Crippen molar-refractivity contribution in [2.75, 3.05) is 7.11 Å². The highest BCUT2D eigenvalue weighted by Crippen LogP contribution is 2.12. The van der Waals surface area contributed by atoms with Crippen LogP contribution in [-0.2, 0) is 19.6 Å². The lowest BCUT2D eigenvalue weighted by atomic mass is 10.2.